The second-order valence-electron chi connectivity index (χ2n) is 4.52. The number of amides is 1. The number of carbonyl (C=O) groups excluding carboxylic acids is 1. The molecule has 0 atom stereocenters. The molecule has 0 saturated carbocycles. The van der Waals surface area contributed by atoms with Gasteiger partial charge < -0.3 is 10.2 Å². The van der Waals surface area contributed by atoms with Gasteiger partial charge in [0.05, 0.1) is 17.8 Å². The van der Waals surface area contributed by atoms with Crippen LogP contribution in [0, 0.1) is 11.3 Å². The van der Waals surface area contributed by atoms with Crippen LogP contribution in [0.2, 0.25) is 0 Å². The van der Waals surface area contributed by atoms with Crippen molar-refractivity contribution in [3.05, 3.63) is 59.7 Å². The molecule has 0 aliphatic carbocycles. The molecular weight excluding hydrogens is 310 g/mol. The quantitative estimate of drug-likeness (QED) is 0.502. The molecule has 0 spiro atoms. The number of hydrogen-bond acceptors (Lipinski definition) is 5. The Morgan fingerprint density at radius 3 is 2.57 bits per heavy atom. The summed E-state index contributed by atoms with van der Waals surface area (Å²) in [6, 6.07) is 16.4. The summed E-state index contributed by atoms with van der Waals surface area (Å²) in [6.07, 6.45) is 3.57. The van der Waals surface area contributed by atoms with Crippen LogP contribution in [0.25, 0.3) is 0 Å². The Hall–Kier alpha value is -2.78. The zero-order chi connectivity index (χ0) is 16.5. The highest BCUT2D eigenvalue weighted by molar-refractivity contribution is 7.98. The van der Waals surface area contributed by atoms with E-state index in [9.17, 15) is 4.79 Å². The largest absolute Gasteiger partial charge is 0.386 e. The van der Waals surface area contributed by atoms with E-state index >= 15 is 0 Å². The van der Waals surface area contributed by atoms with Crippen LogP contribution < -0.4 is 5.32 Å². The molecule has 2 aromatic rings. The standard InChI is InChI=1S/C17H15N3O2S/c1-23-16-8-4-14(5-9-16)11-19-22-12-17(21)20-15-6-2-13(10-18)3-7-15/h2-9,11H,12H2,1H3,(H,20,21). The van der Waals surface area contributed by atoms with Crippen molar-refractivity contribution < 1.29 is 9.63 Å². The fraction of sp³-hybridized carbons (Fsp3) is 0.118. The molecule has 5 nitrogen and oxygen atoms in total. The number of benzene rings is 2. The fourth-order valence-electron chi connectivity index (χ4n) is 1.71. The molecule has 0 aliphatic rings. The van der Waals surface area contributed by atoms with Crippen molar-refractivity contribution >= 4 is 29.6 Å². The maximum Gasteiger partial charge on any atom is 0.265 e. The fourth-order valence-corrected chi connectivity index (χ4v) is 2.12. The Balaban J connectivity index is 1.77. The van der Waals surface area contributed by atoms with Gasteiger partial charge in [-0.2, -0.15) is 5.26 Å². The summed E-state index contributed by atoms with van der Waals surface area (Å²) in [7, 11) is 0. The van der Waals surface area contributed by atoms with E-state index in [1.165, 1.54) is 4.90 Å². The highest BCUT2D eigenvalue weighted by Crippen LogP contribution is 2.14. The first-order valence-corrected chi connectivity index (χ1v) is 8.03. The van der Waals surface area contributed by atoms with Gasteiger partial charge in [-0.25, -0.2) is 0 Å². The number of nitriles is 1. The van der Waals surface area contributed by atoms with Gasteiger partial charge in [-0.05, 0) is 48.2 Å². The number of nitrogens with one attached hydrogen (secondary N) is 1. The summed E-state index contributed by atoms with van der Waals surface area (Å²) in [5, 5.41) is 15.1. The van der Waals surface area contributed by atoms with Crippen molar-refractivity contribution in [2.45, 2.75) is 4.90 Å². The smallest absolute Gasteiger partial charge is 0.265 e. The number of oxime groups is 1. The summed E-state index contributed by atoms with van der Waals surface area (Å²) in [4.78, 5) is 17.8. The molecule has 0 fully saturated rings. The van der Waals surface area contributed by atoms with Crippen LogP contribution >= 0.6 is 11.8 Å². The van der Waals surface area contributed by atoms with Gasteiger partial charge in [0.2, 0.25) is 0 Å². The minimum Gasteiger partial charge on any atom is -0.386 e. The third kappa shape index (κ3) is 5.49. The molecule has 1 N–H and O–H groups in total. The van der Waals surface area contributed by atoms with Crippen LogP contribution in [0.4, 0.5) is 5.69 Å². The third-order valence-electron chi connectivity index (χ3n) is 2.89. The first kappa shape index (κ1) is 16.6. The number of thioether (sulfide) groups is 1. The number of carbonyl (C=O) groups is 1. The Morgan fingerprint density at radius 1 is 1.26 bits per heavy atom. The maximum atomic E-state index is 11.7. The summed E-state index contributed by atoms with van der Waals surface area (Å²) in [5.74, 6) is -0.315. The van der Waals surface area contributed by atoms with E-state index in [0.717, 1.165) is 5.56 Å². The van der Waals surface area contributed by atoms with Gasteiger partial charge in [0.25, 0.3) is 5.91 Å². The van der Waals surface area contributed by atoms with Crippen LogP contribution in [-0.2, 0) is 9.63 Å². The minimum absolute atomic E-state index is 0.181. The van der Waals surface area contributed by atoms with Gasteiger partial charge >= 0.3 is 0 Å². The Bertz CT molecular complexity index is 719. The SMILES string of the molecule is CSc1ccc(C=NOCC(=O)Nc2ccc(C#N)cc2)cc1. The molecule has 1 amide bonds. The molecule has 0 heterocycles. The van der Waals surface area contributed by atoms with Gasteiger partial charge in [-0.3, -0.25) is 4.79 Å². The first-order valence-electron chi connectivity index (χ1n) is 6.80. The zero-order valence-corrected chi connectivity index (χ0v) is 13.3. The normalized spacial score (nSPS) is 10.3. The molecule has 0 unspecified atom stereocenters. The average molecular weight is 325 g/mol. The van der Waals surface area contributed by atoms with Gasteiger partial charge in [0.15, 0.2) is 6.61 Å². The van der Waals surface area contributed by atoms with E-state index < -0.39 is 0 Å². The lowest BCUT2D eigenvalue weighted by atomic mass is 10.2. The lowest BCUT2D eigenvalue weighted by molar-refractivity contribution is -0.120. The van der Waals surface area contributed by atoms with Crippen molar-refractivity contribution in [1.82, 2.24) is 0 Å². The monoisotopic (exact) mass is 325 g/mol. The molecular formula is C17H15N3O2S. The molecule has 0 saturated heterocycles. The van der Waals surface area contributed by atoms with Crippen LogP contribution in [-0.4, -0.2) is 25.0 Å². The van der Waals surface area contributed by atoms with Crippen LogP contribution in [0.15, 0.2) is 58.6 Å². The van der Waals surface area contributed by atoms with Gasteiger partial charge in [0, 0.05) is 10.6 Å². The molecule has 6 heteroatoms. The van der Waals surface area contributed by atoms with E-state index in [1.54, 1.807) is 42.2 Å². The van der Waals surface area contributed by atoms with Crippen LogP contribution in [0.5, 0.6) is 0 Å². The lowest BCUT2D eigenvalue weighted by Gasteiger charge is -2.04. The predicted molar refractivity (Wildman–Crippen MR) is 91.6 cm³/mol. The van der Waals surface area contributed by atoms with Gasteiger partial charge in [-0.15, -0.1) is 11.8 Å². The first-order chi connectivity index (χ1) is 11.2. The molecule has 116 valence electrons. The minimum atomic E-state index is -0.315. The summed E-state index contributed by atoms with van der Waals surface area (Å²) >= 11 is 1.67. The third-order valence-corrected chi connectivity index (χ3v) is 3.63. The molecule has 0 aliphatic heterocycles. The second kappa shape index (κ2) is 8.61. The van der Waals surface area contributed by atoms with E-state index in [4.69, 9.17) is 10.1 Å². The van der Waals surface area contributed by atoms with Crippen LogP contribution in [0.3, 0.4) is 0 Å². The topological polar surface area (TPSA) is 74.5 Å². The number of rotatable bonds is 6. The Morgan fingerprint density at radius 2 is 1.96 bits per heavy atom. The predicted octanol–water partition coefficient (Wildman–Crippen LogP) is 3.27. The summed E-state index contributed by atoms with van der Waals surface area (Å²) in [6.45, 7) is -0.181. The van der Waals surface area contributed by atoms with E-state index in [1.807, 2.05) is 36.6 Å². The van der Waals surface area contributed by atoms with E-state index in [-0.39, 0.29) is 12.5 Å². The average Bonchev–Trinajstić information content (AvgIpc) is 2.60. The molecule has 0 aromatic heterocycles. The number of nitrogens with zero attached hydrogens (tertiary/aromatic N) is 2. The zero-order valence-electron chi connectivity index (χ0n) is 12.5. The molecule has 2 aromatic carbocycles. The second-order valence-corrected chi connectivity index (χ2v) is 5.40. The van der Waals surface area contributed by atoms with E-state index in [2.05, 4.69) is 10.5 Å². The molecule has 2 rings (SSSR count). The summed E-state index contributed by atoms with van der Waals surface area (Å²) in [5.41, 5.74) is 2.04. The molecule has 0 radical (unpaired) electrons. The number of hydrogen-bond donors (Lipinski definition) is 1. The molecule has 23 heavy (non-hydrogen) atoms. The van der Waals surface area contributed by atoms with Crippen LogP contribution in [0.1, 0.15) is 11.1 Å². The highest BCUT2D eigenvalue weighted by atomic mass is 32.2. The highest BCUT2D eigenvalue weighted by Gasteiger charge is 2.02. The van der Waals surface area contributed by atoms with Crippen molar-refractivity contribution in [1.29, 1.82) is 5.26 Å². The lowest BCUT2D eigenvalue weighted by Crippen LogP contribution is -2.16. The van der Waals surface area contributed by atoms with Gasteiger partial charge in [0.1, 0.15) is 0 Å². The number of anilines is 1. The maximum absolute atomic E-state index is 11.7. The molecule has 0 bridgehead atoms. The van der Waals surface area contributed by atoms with Crippen molar-refractivity contribution in [2.24, 2.45) is 5.16 Å². The van der Waals surface area contributed by atoms with Crippen molar-refractivity contribution in [3.63, 3.8) is 0 Å². The van der Waals surface area contributed by atoms with E-state index in [0.29, 0.717) is 11.3 Å². The Labute approximate surface area is 139 Å². The van der Waals surface area contributed by atoms with Crippen molar-refractivity contribution in [2.75, 3.05) is 18.2 Å². The summed E-state index contributed by atoms with van der Waals surface area (Å²) < 4.78 is 0. The van der Waals surface area contributed by atoms with Gasteiger partial charge in [-0.1, -0.05) is 17.3 Å². The Kier molecular flexibility index (Phi) is 6.21. The van der Waals surface area contributed by atoms with Crippen molar-refractivity contribution in [3.8, 4) is 6.07 Å².